The van der Waals surface area contributed by atoms with Crippen LogP contribution in [0.2, 0.25) is 0 Å². The molecule has 0 saturated carbocycles. The van der Waals surface area contributed by atoms with E-state index in [0.717, 1.165) is 0 Å². The van der Waals surface area contributed by atoms with Gasteiger partial charge < -0.3 is 9.88 Å². The molecule has 0 aliphatic heterocycles. The van der Waals surface area contributed by atoms with Gasteiger partial charge in [0.1, 0.15) is 23.4 Å². The van der Waals surface area contributed by atoms with Gasteiger partial charge in [-0.25, -0.2) is 19.3 Å². The second kappa shape index (κ2) is 7.10. The molecular formula is C18H19FN8. The maximum atomic E-state index is 14.1. The number of fused-ring (bicyclic) bond motifs is 1. The number of aromatic nitrogens is 7. The highest BCUT2D eigenvalue weighted by molar-refractivity contribution is 5.84. The fourth-order valence-corrected chi connectivity index (χ4v) is 3.09. The molecule has 0 aliphatic rings. The molecular weight excluding hydrogens is 347 g/mol. The summed E-state index contributed by atoms with van der Waals surface area (Å²) in [4.78, 5) is 17.7. The second-order valence-electron chi connectivity index (χ2n) is 6.00. The largest absolute Gasteiger partial charge is 0.341 e. The molecule has 4 aromatic rings. The number of nitrogens with zero attached hydrogens (tertiary/aromatic N) is 7. The van der Waals surface area contributed by atoms with Crippen LogP contribution in [0.3, 0.4) is 0 Å². The number of benzene rings is 1. The molecule has 8 nitrogen and oxygen atoms in total. The van der Waals surface area contributed by atoms with Crippen LogP contribution in [0.4, 0.5) is 10.3 Å². The molecule has 0 saturated heterocycles. The third-order valence-corrected chi connectivity index (χ3v) is 4.47. The van der Waals surface area contributed by atoms with Crippen molar-refractivity contribution in [2.75, 3.05) is 11.4 Å². The van der Waals surface area contributed by atoms with Crippen LogP contribution < -0.4 is 4.90 Å². The summed E-state index contributed by atoms with van der Waals surface area (Å²) in [5.41, 5.74) is 2.54. The molecule has 1 N–H and O–H groups in total. The topological polar surface area (TPSA) is 88.4 Å². The Bertz CT molecular complexity index is 1070. The molecule has 3 aromatic heterocycles. The number of aromatic amines is 1. The van der Waals surface area contributed by atoms with E-state index in [1.165, 1.54) is 12.4 Å². The van der Waals surface area contributed by atoms with Gasteiger partial charge in [0.05, 0.1) is 6.33 Å². The van der Waals surface area contributed by atoms with Crippen molar-refractivity contribution in [1.82, 2.24) is 34.7 Å². The molecule has 9 heteroatoms. The van der Waals surface area contributed by atoms with Crippen LogP contribution in [0.15, 0.2) is 36.9 Å². The molecule has 0 spiro atoms. The van der Waals surface area contributed by atoms with Crippen molar-refractivity contribution in [3.63, 3.8) is 0 Å². The van der Waals surface area contributed by atoms with Crippen molar-refractivity contribution >= 4 is 17.1 Å². The SMILES string of the molecule is CCN(Cc1ccccc1F)c1nnc(-c2ncnc3nc[nH]c23)n1CC. The van der Waals surface area contributed by atoms with Crippen molar-refractivity contribution in [2.45, 2.75) is 26.9 Å². The van der Waals surface area contributed by atoms with Crippen molar-refractivity contribution in [3.05, 3.63) is 48.3 Å². The number of hydrogen-bond donors (Lipinski definition) is 1. The number of anilines is 1. The molecule has 27 heavy (non-hydrogen) atoms. The van der Waals surface area contributed by atoms with Crippen LogP contribution in [0.1, 0.15) is 19.4 Å². The van der Waals surface area contributed by atoms with Crippen molar-refractivity contribution in [3.8, 4) is 11.5 Å². The molecule has 3 heterocycles. The van der Waals surface area contributed by atoms with Crippen molar-refractivity contribution in [2.24, 2.45) is 0 Å². The molecule has 0 bridgehead atoms. The minimum atomic E-state index is -0.228. The number of halogens is 1. The molecule has 0 radical (unpaired) electrons. The lowest BCUT2D eigenvalue weighted by molar-refractivity contribution is 0.601. The van der Waals surface area contributed by atoms with Crippen LogP contribution in [-0.2, 0) is 13.1 Å². The van der Waals surface area contributed by atoms with Crippen molar-refractivity contribution in [1.29, 1.82) is 0 Å². The van der Waals surface area contributed by atoms with E-state index in [0.29, 0.717) is 53.8 Å². The third-order valence-electron chi connectivity index (χ3n) is 4.47. The summed E-state index contributed by atoms with van der Waals surface area (Å²) in [6.07, 6.45) is 3.04. The van der Waals surface area contributed by atoms with E-state index < -0.39 is 0 Å². The summed E-state index contributed by atoms with van der Waals surface area (Å²) in [6.45, 7) is 5.73. The average molecular weight is 366 g/mol. The van der Waals surface area contributed by atoms with E-state index in [-0.39, 0.29) is 5.82 Å². The highest BCUT2D eigenvalue weighted by atomic mass is 19.1. The third kappa shape index (κ3) is 3.01. The minimum Gasteiger partial charge on any atom is -0.341 e. The van der Waals surface area contributed by atoms with Gasteiger partial charge in [-0.15, -0.1) is 10.2 Å². The maximum Gasteiger partial charge on any atom is 0.227 e. The fourth-order valence-electron chi connectivity index (χ4n) is 3.09. The first kappa shape index (κ1) is 17.1. The van der Waals surface area contributed by atoms with Gasteiger partial charge in [-0.3, -0.25) is 4.57 Å². The molecule has 4 rings (SSSR count). The van der Waals surface area contributed by atoms with E-state index >= 15 is 0 Å². The monoisotopic (exact) mass is 366 g/mol. The maximum absolute atomic E-state index is 14.1. The van der Waals surface area contributed by atoms with Gasteiger partial charge in [0.15, 0.2) is 11.5 Å². The normalized spacial score (nSPS) is 11.2. The van der Waals surface area contributed by atoms with E-state index in [2.05, 4.69) is 30.1 Å². The van der Waals surface area contributed by atoms with Crippen LogP contribution in [0.5, 0.6) is 0 Å². The fraction of sp³-hybridized carbons (Fsp3) is 0.278. The number of rotatable bonds is 6. The van der Waals surface area contributed by atoms with Crippen LogP contribution >= 0.6 is 0 Å². The van der Waals surface area contributed by atoms with Crippen LogP contribution in [0, 0.1) is 5.82 Å². The minimum absolute atomic E-state index is 0.228. The number of imidazole rings is 1. The molecule has 0 amide bonds. The first-order chi connectivity index (χ1) is 13.2. The number of hydrogen-bond acceptors (Lipinski definition) is 6. The Labute approximate surface area is 155 Å². The van der Waals surface area contributed by atoms with Gasteiger partial charge >= 0.3 is 0 Å². The highest BCUT2D eigenvalue weighted by Gasteiger charge is 2.21. The zero-order valence-electron chi connectivity index (χ0n) is 15.1. The molecule has 0 unspecified atom stereocenters. The summed E-state index contributed by atoms with van der Waals surface area (Å²) in [5.74, 6) is 1.06. The van der Waals surface area contributed by atoms with Crippen molar-refractivity contribution < 1.29 is 4.39 Å². The number of nitrogens with one attached hydrogen (secondary N) is 1. The first-order valence-corrected chi connectivity index (χ1v) is 8.78. The lowest BCUT2D eigenvalue weighted by Gasteiger charge is -2.22. The second-order valence-corrected chi connectivity index (χ2v) is 6.00. The molecule has 1 aromatic carbocycles. The Hall–Kier alpha value is -3.36. The van der Waals surface area contributed by atoms with Gasteiger partial charge in [0, 0.05) is 25.2 Å². The average Bonchev–Trinajstić information content (AvgIpc) is 3.33. The van der Waals surface area contributed by atoms with Gasteiger partial charge in [-0.1, -0.05) is 18.2 Å². The molecule has 0 atom stereocenters. The van der Waals surface area contributed by atoms with Gasteiger partial charge in [-0.2, -0.15) is 0 Å². The highest BCUT2D eigenvalue weighted by Crippen LogP contribution is 2.26. The Balaban J connectivity index is 1.76. The Morgan fingerprint density at radius 3 is 2.74 bits per heavy atom. The lowest BCUT2D eigenvalue weighted by Crippen LogP contribution is -2.26. The van der Waals surface area contributed by atoms with Crippen LogP contribution in [-0.4, -0.2) is 41.2 Å². The quantitative estimate of drug-likeness (QED) is 0.564. The predicted octanol–water partition coefficient (Wildman–Crippen LogP) is 2.80. The van der Waals surface area contributed by atoms with Crippen LogP contribution in [0.25, 0.3) is 22.7 Å². The summed E-state index contributed by atoms with van der Waals surface area (Å²) in [5, 5.41) is 8.73. The zero-order valence-corrected chi connectivity index (χ0v) is 15.1. The molecule has 138 valence electrons. The summed E-state index contributed by atoms with van der Waals surface area (Å²) in [6, 6.07) is 6.77. The van der Waals surface area contributed by atoms with Gasteiger partial charge in [-0.05, 0) is 19.9 Å². The lowest BCUT2D eigenvalue weighted by atomic mass is 10.2. The standard InChI is InChI=1S/C18H19FN8/c1-3-26(9-12-7-5-6-8-13(12)19)18-25-24-17(27(18)4-2)15-14-16(22-10-20-14)23-11-21-15/h5-8,10-11H,3-4,9H2,1-2H3,(H,20,21,22,23). The summed E-state index contributed by atoms with van der Waals surface area (Å²) in [7, 11) is 0. The van der Waals surface area contributed by atoms with E-state index in [1.807, 2.05) is 29.4 Å². The summed E-state index contributed by atoms with van der Waals surface area (Å²) < 4.78 is 16.1. The Morgan fingerprint density at radius 1 is 1.11 bits per heavy atom. The molecule has 0 aliphatic carbocycles. The number of H-pyrrole nitrogens is 1. The zero-order chi connectivity index (χ0) is 18.8. The summed E-state index contributed by atoms with van der Waals surface area (Å²) >= 11 is 0. The van der Waals surface area contributed by atoms with E-state index in [1.54, 1.807) is 18.5 Å². The van der Waals surface area contributed by atoms with E-state index in [4.69, 9.17) is 0 Å². The smallest absolute Gasteiger partial charge is 0.227 e. The van der Waals surface area contributed by atoms with Gasteiger partial charge in [0.2, 0.25) is 5.95 Å². The Kier molecular flexibility index (Phi) is 4.49. The van der Waals surface area contributed by atoms with E-state index in [9.17, 15) is 4.39 Å². The van der Waals surface area contributed by atoms with Gasteiger partial charge in [0.25, 0.3) is 0 Å². The Morgan fingerprint density at radius 2 is 1.96 bits per heavy atom. The molecule has 0 fully saturated rings. The predicted molar refractivity (Wildman–Crippen MR) is 99.5 cm³/mol. The first-order valence-electron chi connectivity index (χ1n) is 8.78.